The Labute approximate surface area is 86.5 Å². The maximum absolute atomic E-state index is 6.01. The summed E-state index contributed by atoms with van der Waals surface area (Å²) in [7, 11) is 0. The Morgan fingerprint density at radius 3 is 3.00 bits per heavy atom. The van der Waals surface area contributed by atoms with Crippen molar-refractivity contribution in [2.24, 2.45) is 0 Å². The quantitative estimate of drug-likeness (QED) is 0.792. The van der Waals surface area contributed by atoms with E-state index in [1.54, 1.807) is 0 Å². The summed E-state index contributed by atoms with van der Waals surface area (Å²) >= 11 is 10.7. The molecule has 0 spiro atoms. The average Bonchev–Trinajstić information content (AvgIpc) is 2.39. The average molecular weight is 264 g/mol. The van der Waals surface area contributed by atoms with E-state index < -0.39 is 0 Å². The second kappa shape index (κ2) is 2.87. The first-order valence-corrected chi connectivity index (χ1v) is 5.17. The fourth-order valence-electron chi connectivity index (χ4n) is 0.953. The Balaban J connectivity index is 2.89. The van der Waals surface area contributed by atoms with Crippen molar-refractivity contribution < 1.29 is 0 Å². The number of anilines is 1. The molecule has 0 aliphatic heterocycles. The Morgan fingerprint density at radius 2 is 2.25 bits per heavy atom. The third-order valence-electron chi connectivity index (χ3n) is 1.47. The van der Waals surface area contributed by atoms with Gasteiger partial charge in [-0.25, -0.2) is 4.98 Å². The summed E-state index contributed by atoms with van der Waals surface area (Å²) in [4.78, 5) is 4.11. The van der Waals surface area contributed by atoms with E-state index in [0.717, 1.165) is 14.7 Å². The molecule has 0 saturated heterocycles. The lowest BCUT2D eigenvalue weighted by molar-refractivity contribution is 1.49. The van der Waals surface area contributed by atoms with Crippen LogP contribution < -0.4 is 5.73 Å². The number of halogens is 2. The van der Waals surface area contributed by atoms with Crippen molar-refractivity contribution in [1.82, 2.24) is 4.98 Å². The van der Waals surface area contributed by atoms with Crippen LogP contribution in [0.1, 0.15) is 0 Å². The summed E-state index contributed by atoms with van der Waals surface area (Å²) in [5.74, 6) is 0. The van der Waals surface area contributed by atoms with Crippen molar-refractivity contribution in [2.75, 3.05) is 5.73 Å². The van der Waals surface area contributed by atoms with E-state index in [1.165, 1.54) is 11.3 Å². The van der Waals surface area contributed by atoms with Gasteiger partial charge < -0.3 is 5.73 Å². The molecule has 2 aromatic rings. The van der Waals surface area contributed by atoms with Gasteiger partial charge in [0.2, 0.25) is 0 Å². The van der Waals surface area contributed by atoms with Gasteiger partial charge in [-0.3, -0.25) is 0 Å². The number of thiazole rings is 1. The van der Waals surface area contributed by atoms with Crippen LogP contribution in [-0.2, 0) is 0 Å². The number of nitrogens with two attached hydrogens (primary N) is 1. The maximum Gasteiger partial charge on any atom is 0.181 e. The standard InChI is InChI=1S/C7H4BrClN2S/c8-3-1-2-4-6(5(3)9)12-7(10)11-4/h1-2H,(H2,10,11). The molecule has 2 N–H and O–H groups in total. The highest BCUT2D eigenvalue weighted by molar-refractivity contribution is 9.10. The van der Waals surface area contributed by atoms with Crippen molar-refractivity contribution >= 4 is 54.2 Å². The summed E-state index contributed by atoms with van der Waals surface area (Å²) in [6, 6.07) is 3.75. The van der Waals surface area contributed by atoms with Crippen LogP contribution in [0.15, 0.2) is 16.6 Å². The molecule has 62 valence electrons. The first-order chi connectivity index (χ1) is 5.68. The van der Waals surface area contributed by atoms with E-state index in [9.17, 15) is 0 Å². The fourth-order valence-corrected chi connectivity index (χ4v) is 2.46. The monoisotopic (exact) mass is 262 g/mol. The van der Waals surface area contributed by atoms with Crippen molar-refractivity contribution in [1.29, 1.82) is 0 Å². The van der Waals surface area contributed by atoms with E-state index >= 15 is 0 Å². The molecular formula is C7H4BrClN2S. The second-order valence-electron chi connectivity index (χ2n) is 2.26. The minimum absolute atomic E-state index is 0.546. The minimum atomic E-state index is 0.546. The summed E-state index contributed by atoms with van der Waals surface area (Å²) in [5, 5.41) is 1.23. The molecule has 12 heavy (non-hydrogen) atoms. The Hall–Kier alpha value is -0.320. The van der Waals surface area contributed by atoms with Crippen molar-refractivity contribution in [3.63, 3.8) is 0 Å². The summed E-state index contributed by atoms with van der Waals surface area (Å²) in [5.41, 5.74) is 6.40. The topological polar surface area (TPSA) is 38.9 Å². The summed E-state index contributed by atoms with van der Waals surface area (Å²) in [6.45, 7) is 0. The molecule has 1 aromatic carbocycles. The minimum Gasteiger partial charge on any atom is -0.375 e. The van der Waals surface area contributed by atoms with Crippen LogP contribution in [0.3, 0.4) is 0 Å². The molecule has 0 unspecified atom stereocenters. The number of fused-ring (bicyclic) bond motifs is 1. The van der Waals surface area contributed by atoms with E-state index in [2.05, 4.69) is 20.9 Å². The number of hydrogen-bond donors (Lipinski definition) is 1. The van der Waals surface area contributed by atoms with Gasteiger partial charge in [0.1, 0.15) is 0 Å². The first kappa shape index (κ1) is 8.29. The maximum atomic E-state index is 6.01. The van der Waals surface area contributed by atoms with Crippen LogP contribution in [-0.4, -0.2) is 4.98 Å². The number of nitrogens with zero attached hydrogens (tertiary/aromatic N) is 1. The van der Waals surface area contributed by atoms with Crippen molar-refractivity contribution in [2.45, 2.75) is 0 Å². The zero-order chi connectivity index (χ0) is 8.72. The number of nitrogen functional groups attached to an aromatic ring is 1. The molecule has 5 heteroatoms. The lowest BCUT2D eigenvalue weighted by Gasteiger charge is -1.93. The normalized spacial score (nSPS) is 10.8. The molecular weight excluding hydrogens is 260 g/mol. The van der Waals surface area contributed by atoms with Gasteiger partial charge in [0.25, 0.3) is 0 Å². The third-order valence-corrected chi connectivity index (χ3v) is 3.78. The van der Waals surface area contributed by atoms with E-state index in [1.807, 2.05) is 12.1 Å². The highest BCUT2D eigenvalue weighted by Gasteiger charge is 2.07. The molecule has 0 bridgehead atoms. The predicted molar refractivity (Wildman–Crippen MR) is 56.7 cm³/mol. The Morgan fingerprint density at radius 1 is 1.50 bits per heavy atom. The first-order valence-electron chi connectivity index (χ1n) is 3.18. The summed E-state index contributed by atoms with van der Waals surface area (Å²) < 4.78 is 1.81. The van der Waals surface area contributed by atoms with Gasteiger partial charge in [-0.05, 0) is 28.1 Å². The van der Waals surface area contributed by atoms with Gasteiger partial charge in [0, 0.05) is 4.47 Å². The van der Waals surface area contributed by atoms with Crippen LogP contribution >= 0.6 is 38.9 Å². The molecule has 2 rings (SSSR count). The molecule has 2 nitrogen and oxygen atoms in total. The van der Waals surface area contributed by atoms with Gasteiger partial charge in [0.15, 0.2) is 5.13 Å². The zero-order valence-electron chi connectivity index (χ0n) is 5.84. The smallest absolute Gasteiger partial charge is 0.181 e. The van der Waals surface area contributed by atoms with Crippen LogP contribution in [0, 0.1) is 0 Å². The fraction of sp³-hybridized carbons (Fsp3) is 0. The predicted octanol–water partition coefficient (Wildman–Crippen LogP) is 3.29. The van der Waals surface area contributed by atoms with Crippen LogP contribution in [0.5, 0.6) is 0 Å². The van der Waals surface area contributed by atoms with E-state index in [-0.39, 0.29) is 0 Å². The molecule has 0 atom stereocenters. The Kier molecular flexibility index (Phi) is 1.98. The highest BCUT2D eigenvalue weighted by atomic mass is 79.9. The molecule has 0 aliphatic carbocycles. The molecule has 1 heterocycles. The van der Waals surface area contributed by atoms with Crippen LogP contribution in [0.2, 0.25) is 5.02 Å². The summed E-state index contributed by atoms with van der Waals surface area (Å²) in [6.07, 6.45) is 0. The molecule has 0 amide bonds. The van der Waals surface area contributed by atoms with Crippen LogP contribution in [0.4, 0.5) is 5.13 Å². The molecule has 1 aromatic heterocycles. The lowest BCUT2D eigenvalue weighted by Crippen LogP contribution is -1.78. The van der Waals surface area contributed by atoms with Gasteiger partial charge >= 0.3 is 0 Å². The van der Waals surface area contributed by atoms with Gasteiger partial charge in [-0.15, -0.1) is 0 Å². The number of hydrogen-bond acceptors (Lipinski definition) is 3. The van der Waals surface area contributed by atoms with Crippen molar-refractivity contribution in [3.8, 4) is 0 Å². The second-order valence-corrected chi connectivity index (χ2v) is 4.52. The van der Waals surface area contributed by atoms with Gasteiger partial charge in [0.05, 0.1) is 15.2 Å². The largest absolute Gasteiger partial charge is 0.375 e. The molecule has 0 aliphatic rings. The Bertz CT molecular complexity index is 440. The number of aromatic nitrogens is 1. The zero-order valence-corrected chi connectivity index (χ0v) is 9.00. The van der Waals surface area contributed by atoms with Gasteiger partial charge in [-0.1, -0.05) is 22.9 Å². The SMILES string of the molecule is Nc1nc2ccc(Br)c(Cl)c2s1. The molecule has 0 radical (unpaired) electrons. The molecule has 0 fully saturated rings. The van der Waals surface area contributed by atoms with Crippen LogP contribution in [0.25, 0.3) is 10.2 Å². The van der Waals surface area contributed by atoms with Gasteiger partial charge in [-0.2, -0.15) is 0 Å². The third kappa shape index (κ3) is 1.20. The molecule has 0 saturated carbocycles. The number of rotatable bonds is 0. The number of benzene rings is 1. The van der Waals surface area contributed by atoms with Crippen molar-refractivity contribution in [3.05, 3.63) is 21.6 Å². The van der Waals surface area contributed by atoms with E-state index in [0.29, 0.717) is 10.2 Å². The van der Waals surface area contributed by atoms with E-state index in [4.69, 9.17) is 17.3 Å². The lowest BCUT2D eigenvalue weighted by atomic mass is 10.3. The highest BCUT2D eigenvalue weighted by Crippen LogP contribution is 2.35.